The molecule has 7 nitrogen and oxygen atoms in total. The van der Waals surface area contributed by atoms with Gasteiger partial charge in [-0.25, -0.2) is 9.18 Å². The predicted molar refractivity (Wildman–Crippen MR) is 94.2 cm³/mol. The maximum Gasteiger partial charge on any atom is 0.414 e. The van der Waals surface area contributed by atoms with Gasteiger partial charge in [0.15, 0.2) is 0 Å². The van der Waals surface area contributed by atoms with Crippen LogP contribution >= 0.6 is 0 Å². The molecule has 3 aromatic rings. The van der Waals surface area contributed by atoms with Gasteiger partial charge in [-0.15, -0.1) is 0 Å². The van der Waals surface area contributed by atoms with Crippen LogP contribution in [0.1, 0.15) is 24.2 Å². The van der Waals surface area contributed by atoms with Gasteiger partial charge in [0.05, 0.1) is 11.7 Å². The Morgan fingerprint density at radius 3 is 2.67 bits per heavy atom. The Labute approximate surface area is 154 Å². The number of nitrogens with zero attached hydrogens (tertiary/aromatic N) is 2. The average molecular weight is 369 g/mol. The van der Waals surface area contributed by atoms with Gasteiger partial charge < -0.3 is 9.26 Å². The summed E-state index contributed by atoms with van der Waals surface area (Å²) in [4.78, 5) is 27.9. The van der Waals surface area contributed by atoms with Crippen LogP contribution in [0, 0.1) is 5.82 Å². The van der Waals surface area contributed by atoms with Crippen molar-refractivity contribution in [2.24, 2.45) is 0 Å². The predicted octanol–water partition coefficient (Wildman–Crippen LogP) is 3.82. The maximum absolute atomic E-state index is 13.8. The Morgan fingerprint density at radius 1 is 1.15 bits per heavy atom. The van der Waals surface area contributed by atoms with Gasteiger partial charge in [-0.05, 0) is 38.1 Å². The van der Waals surface area contributed by atoms with Crippen molar-refractivity contribution in [3.05, 3.63) is 59.9 Å². The Morgan fingerprint density at radius 2 is 1.93 bits per heavy atom. The fraction of sp³-hybridized carbons (Fsp3) is 0.158. The highest BCUT2D eigenvalue weighted by Crippen LogP contribution is 2.24. The van der Waals surface area contributed by atoms with Crippen LogP contribution in [0.5, 0.6) is 0 Å². The van der Waals surface area contributed by atoms with Gasteiger partial charge in [-0.1, -0.05) is 29.4 Å². The summed E-state index contributed by atoms with van der Waals surface area (Å²) < 4.78 is 23.8. The molecular formula is C19H16FN3O4. The number of alkyl carbamates (subject to hydrolysis) is 1. The quantitative estimate of drug-likeness (QED) is 0.751. The van der Waals surface area contributed by atoms with E-state index in [0.29, 0.717) is 5.56 Å². The number of carbonyl (C=O) groups excluding carboxylic acids is 2. The van der Waals surface area contributed by atoms with Gasteiger partial charge in [0.2, 0.25) is 5.82 Å². The van der Waals surface area contributed by atoms with Gasteiger partial charge in [0.25, 0.3) is 11.8 Å². The van der Waals surface area contributed by atoms with Crippen LogP contribution in [0.15, 0.2) is 53.1 Å². The summed E-state index contributed by atoms with van der Waals surface area (Å²) in [6, 6.07) is 12.3. The molecule has 2 amide bonds. The minimum Gasteiger partial charge on any atom is -0.447 e. The number of carbonyl (C=O) groups is 2. The lowest BCUT2D eigenvalue weighted by Crippen LogP contribution is -2.32. The third kappa shape index (κ3) is 4.35. The van der Waals surface area contributed by atoms with Crippen LogP contribution in [0.25, 0.3) is 22.8 Å². The molecule has 0 fully saturated rings. The zero-order valence-electron chi connectivity index (χ0n) is 14.6. The van der Waals surface area contributed by atoms with E-state index in [1.165, 1.54) is 24.3 Å². The van der Waals surface area contributed by atoms with E-state index < -0.39 is 17.8 Å². The molecule has 1 aromatic heterocycles. The number of halogens is 1. The number of hydrogen-bond acceptors (Lipinski definition) is 6. The summed E-state index contributed by atoms with van der Waals surface area (Å²) >= 11 is 0. The molecule has 0 aliphatic heterocycles. The van der Waals surface area contributed by atoms with E-state index >= 15 is 0 Å². The molecule has 2 aromatic carbocycles. The Hall–Kier alpha value is -3.55. The first-order valence-corrected chi connectivity index (χ1v) is 8.15. The van der Waals surface area contributed by atoms with Crippen LogP contribution in [0.3, 0.4) is 0 Å². The molecule has 0 bridgehead atoms. The van der Waals surface area contributed by atoms with Crippen molar-refractivity contribution in [3.8, 4) is 22.8 Å². The van der Waals surface area contributed by atoms with Gasteiger partial charge in [0.1, 0.15) is 5.82 Å². The van der Waals surface area contributed by atoms with E-state index in [9.17, 15) is 14.0 Å². The summed E-state index contributed by atoms with van der Waals surface area (Å²) in [5, 5.41) is 5.96. The Balaban J connectivity index is 1.81. The van der Waals surface area contributed by atoms with E-state index in [1.54, 1.807) is 38.1 Å². The van der Waals surface area contributed by atoms with Crippen LogP contribution in [-0.4, -0.2) is 28.2 Å². The number of rotatable bonds is 4. The summed E-state index contributed by atoms with van der Waals surface area (Å²) in [5.74, 6) is -0.893. The Kier molecular flexibility index (Phi) is 5.25. The lowest BCUT2D eigenvalue weighted by atomic mass is 10.1. The van der Waals surface area contributed by atoms with Gasteiger partial charge >= 0.3 is 6.09 Å². The maximum atomic E-state index is 13.8. The molecule has 1 N–H and O–H groups in total. The molecule has 0 unspecified atom stereocenters. The number of hydrogen-bond donors (Lipinski definition) is 1. The van der Waals surface area contributed by atoms with Crippen molar-refractivity contribution >= 4 is 12.0 Å². The number of benzene rings is 2. The molecule has 0 aliphatic carbocycles. The third-order valence-electron chi connectivity index (χ3n) is 3.47. The van der Waals surface area contributed by atoms with E-state index in [4.69, 9.17) is 9.26 Å². The Bertz CT molecular complexity index is 984. The summed E-state index contributed by atoms with van der Waals surface area (Å²) in [6.45, 7) is 3.35. The molecule has 0 saturated carbocycles. The first-order valence-electron chi connectivity index (χ1n) is 8.15. The first-order chi connectivity index (χ1) is 12.9. The second kappa shape index (κ2) is 7.77. The number of aromatic nitrogens is 2. The lowest BCUT2D eigenvalue weighted by Gasteiger charge is -2.08. The number of amides is 2. The number of ether oxygens (including phenoxy) is 1. The van der Waals surface area contributed by atoms with Gasteiger partial charge in [-0.3, -0.25) is 10.1 Å². The SMILES string of the molecule is CC(C)OC(=O)NC(=O)c1cccc(-c2noc(-c3ccccc3F)n2)c1. The molecule has 27 heavy (non-hydrogen) atoms. The highest BCUT2D eigenvalue weighted by Gasteiger charge is 2.16. The highest BCUT2D eigenvalue weighted by atomic mass is 19.1. The molecule has 138 valence electrons. The van der Waals surface area contributed by atoms with Crippen molar-refractivity contribution in [2.75, 3.05) is 0 Å². The van der Waals surface area contributed by atoms with E-state index in [2.05, 4.69) is 15.5 Å². The molecule has 0 atom stereocenters. The average Bonchev–Trinajstić information content (AvgIpc) is 3.11. The van der Waals surface area contributed by atoms with Crippen LogP contribution < -0.4 is 5.32 Å². The van der Waals surface area contributed by atoms with Crippen molar-refractivity contribution in [1.82, 2.24) is 15.5 Å². The smallest absolute Gasteiger partial charge is 0.414 e. The standard InChI is InChI=1S/C19H16FN3O4/c1-11(2)26-19(25)22-17(24)13-7-5-6-12(10-13)16-21-18(27-23-16)14-8-3-4-9-15(14)20/h3-11H,1-2H3,(H,22,24,25). The normalized spacial score (nSPS) is 10.7. The number of nitrogens with one attached hydrogen (secondary N) is 1. The summed E-state index contributed by atoms with van der Waals surface area (Å²) in [6.07, 6.45) is -1.18. The molecule has 0 saturated heterocycles. The van der Waals surface area contributed by atoms with Crippen molar-refractivity contribution in [3.63, 3.8) is 0 Å². The summed E-state index contributed by atoms with van der Waals surface area (Å²) in [7, 11) is 0. The highest BCUT2D eigenvalue weighted by molar-refractivity contribution is 6.03. The summed E-state index contributed by atoms with van der Waals surface area (Å²) in [5.41, 5.74) is 0.873. The lowest BCUT2D eigenvalue weighted by molar-refractivity contribution is 0.0876. The minimum absolute atomic E-state index is 0.0264. The van der Waals surface area contributed by atoms with Gasteiger partial charge in [-0.2, -0.15) is 4.98 Å². The first kappa shape index (κ1) is 18.2. The minimum atomic E-state index is -0.832. The van der Waals surface area contributed by atoms with Crippen molar-refractivity contribution < 1.29 is 23.2 Å². The van der Waals surface area contributed by atoms with E-state index in [0.717, 1.165) is 0 Å². The molecule has 8 heteroatoms. The second-order valence-electron chi connectivity index (χ2n) is 5.89. The topological polar surface area (TPSA) is 94.3 Å². The molecular weight excluding hydrogens is 353 g/mol. The fourth-order valence-electron chi connectivity index (χ4n) is 2.29. The zero-order chi connectivity index (χ0) is 19.4. The fourth-order valence-corrected chi connectivity index (χ4v) is 2.29. The van der Waals surface area contributed by atoms with Crippen LogP contribution in [-0.2, 0) is 4.74 Å². The van der Waals surface area contributed by atoms with Crippen LogP contribution in [0.2, 0.25) is 0 Å². The molecule has 0 aliphatic rings. The van der Waals surface area contributed by atoms with Crippen LogP contribution in [0.4, 0.5) is 9.18 Å². The largest absolute Gasteiger partial charge is 0.447 e. The molecule has 3 rings (SSSR count). The second-order valence-corrected chi connectivity index (χ2v) is 5.89. The third-order valence-corrected chi connectivity index (χ3v) is 3.47. The number of imide groups is 1. The molecule has 0 spiro atoms. The van der Waals surface area contributed by atoms with Crippen molar-refractivity contribution in [1.29, 1.82) is 0 Å². The zero-order valence-corrected chi connectivity index (χ0v) is 14.6. The van der Waals surface area contributed by atoms with E-state index in [1.807, 2.05) is 0 Å². The molecule has 0 radical (unpaired) electrons. The molecule has 1 heterocycles. The monoisotopic (exact) mass is 369 g/mol. The van der Waals surface area contributed by atoms with Gasteiger partial charge in [0, 0.05) is 11.1 Å². The van der Waals surface area contributed by atoms with E-state index in [-0.39, 0.29) is 28.9 Å². The van der Waals surface area contributed by atoms with Crippen molar-refractivity contribution in [2.45, 2.75) is 20.0 Å².